The van der Waals surface area contributed by atoms with Crippen LogP contribution in [0.15, 0.2) is 42.5 Å². The third kappa shape index (κ3) is 3.97. The molecule has 1 aromatic rings. The van der Waals surface area contributed by atoms with E-state index in [4.69, 9.17) is 4.74 Å². The zero-order valence-corrected chi connectivity index (χ0v) is 11.1. The number of methoxy groups -OCH3 is 1. The van der Waals surface area contributed by atoms with Crippen LogP contribution in [0.2, 0.25) is 0 Å². The van der Waals surface area contributed by atoms with Crippen LogP contribution in [0.4, 0.5) is 0 Å². The Hall–Kier alpha value is -1.12. The molecule has 2 heteroatoms. The lowest BCUT2D eigenvalue weighted by Gasteiger charge is -2.21. The van der Waals surface area contributed by atoms with Crippen LogP contribution in [0.5, 0.6) is 0 Å². The zero-order valence-electron chi connectivity index (χ0n) is 11.1. The maximum atomic E-state index is 5.55. The van der Waals surface area contributed by atoms with E-state index in [1.54, 1.807) is 7.11 Å². The lowest BCUT2D eigenvalue weighted by atomic mass is 9.94. The monoisotopic (exact) mass is 245 g/mol. The molecule has 2 nitrogen and oxygen atoms in total. The van der Waals surface area contributed by atoms with Crippen molar-refractivity contribution in [3.05, 3.63) is 48.0 Å². The summed E-state index contributed by atoms with van der Waals surface area (Å²) in [6.07, 6.45) is 8.52. The van der Waals surface area contributed by atoms with Crippen LogP contribution in [0.1, 0.15) is 30.9 Å². The van der Waals surface area contributed by atoms with E-state index in [1.165, 1.54) is 24.8 Å². The first-order chi connectivity index (χ1) is 8.90. The van der Waals surface area contributed by atoms with Gasteiger partial charge < -0.3 is 10.1 Å². The Balaban J connectivity index is 1.75. The van der Waals surface area contributed by atoms with Gasteiger partial charge in [-0.1, -0.05) is 42.5 Å². The molecule has 0 amide bonds. The molecule has 0 aliphatic heterocycles. The van der Waals surface area contributed by atoms with Crippen molar-refractivity contribution >= 4 is 0 Å². The molecule has 0 saturated heterocycles. The summed E-state index contributed by atoms with van der Waals surface area (Å²) in [6.45, 7) is 1.98. The van der Waals surface area contributed by atoms with Gasteiger partial charge >= 0.3 is 0 Å². The maximum absolute atomic E-state index is 5.55. The summed E-state index contributed by atoms with van der Waals surface area (Å²) in [5, 5.41) is 3.55. The minimum Gasteiger partial charge on any atom is -0.375 e. The molecule has 2 unspecified atom stereocenters. The van der Waals surface area contributed by atoms with Crippen LogP contribution in [-0.4, -0.2) is 20.2 Å². The average molecular weight is 245 g/mol. The van der Waals surface area contributed by atoms with Gasteiger partial charge in [0.25, 0.3) is 0 Å². The van der Waals surface area contributed by atoms with Crippen molar-refractivity contribution in [1.82, 2.24) is 5.32 Å². The fraction of sp³-hybridized carbons (Fsp3) is 0.500. The number of nitrogens with one attached hydrogen (secondary N) is 1. The molecule has 0 fully saturated rings. The largest absolute Gasteiger partial charge is 0.375 e. The molecule has 18 heavy (non-hydrogen) atoms. The number of allylic oxidation sites excluding steroid dienone is 2. The summed E-state index contributed by atoms with van der Waals surface area (Å²) in [5.41, 5.74) is 1.25. The maximum Gasteiger partial charge on any atom is 0.0945 e. The first kappa shape index (κ1) is 13.3. The first-order valence-electron chi connectivity index (χ1n) is 6.83. The van der Waals surface area contributed by atoms with Gasteiger partial charge in [0.1, 0.15) is 0 Å². The van der Waals surface area contributed by atoms with Gasteiger partial charge in [0.05, 0.1) is 6.10 Å². The van der Waals surface area contributed by atoms with E-state index in [0.717, 1.165) is 19.0 Å². The van der Waals surface area contributed by atoms with E-state index < -0.39 is 0 Å². The molecular formula is C16H23NO. The summed E-state index contributed by atoms with van der Waals surface area (Å²) in [5.74, 6) is 0.795. The molecule has 0 spiro atoms. The van der Waals surface area contributed by atoms with E-state index in [0.29, 0.717) is 0 Å². The molecule has 2 rings (SSSR count). The average Bonchev–Trinajstić information content (AvgIpc) is 2.46. The van der Waals surface area contributed by atoms with Crippen LogP contribution < -0.4 is 5.32 Å². The third-order valence-electron chi connectivity index (χ3n) is 3.60. The Bertz CT molecular complexity index is 361. The second-order valence-corrected chi connectivity index (χ2v) is 4.94. The minimum atomic E-state index is 0.158. The lowest BCUT2D eigenvalue weighted by molar-refractivity contribution is 0.101. The van der Waals surface area contributed by atoms with E-state index in [2.05, 4.69) is 41.7 Å². The van der Waals surface area contributed by atoms with Crippen LogP contribution in [0.25, 0.3) is 0 Å². The smallest absolute Gasteiger partial charge is 0.0945 e. The fourth-order valence-electron chi connectivity index (χ4n) is 2.47. The third-order valence-corrected chi connectivity index (χ3v) is 3.60. The van der Waals surface area contributed by atoms with E-state index in [1.807, 2.05) is 6.07 Å². The number of hydrogen-bond donors (Lipinski definition) is 1. The summed E-state index contributed by atoms with van der Waals surface area (Å²) >= 11 is 0. The normalized spacial score (nSPS) is 20.8. The fourth-order valence-corrected chi connectivity index (χ4v) is 2.47. The molecule has 1 N–H and O–H groups in total. The molecule has 0 aromatic heterocycles. The van der Waals surface area contributed by atoms with Gasteiger partial charge in [-0.15, -0.1) is 0 Å². The van der Waals surface area contributed by atoms with Crippen molar-refractivity contribution < 1.29 is 4.74 Å². The van der Waals surface area contributed by atoms with Crippen molar-refractivity contribution in [3.8, 4) is 0 Å². The molecular weight excluding hydrogens is 222 g/mol. The van der Waals surface area contributed by atoms with Crippen LogP contribution in [0, 0.1) is 5.92 Å². The van der Waals surface area contributed by atoms with Crippen molar-refractivity contribution in [2.24, 2.45) is 5.92 Å². The zero-order chi connectivity index (χ0) is 12.6. The van der Waals surface area contributed by atoms with E-state index in [-0.39, 0.29) is 6.10 Å². The Morgan fingerprint density at radius 1 is 1.28 bits per heavy atom. The Labute approximate surface area is 110 Å². The predicted octanol–water partition coefficient (Wildman–Crippen LogP) is 3.32. The summed E-state index contributed by atoms with van der Waals surface area (Å²) in [6, 6.07) is 10.4. The summed E-state index contributed by atoms with van der Waals surface area (Å²) in [4.78, 5) is 0. The van der Waals surface area contributed by atoms with Gasteiger partial charge in [0.2, 0.25) is 0 Å². The highest BCUT2D eigenvalue weighted by molar-refractivity contribution is 5.17. The second kappa shape index (κ2) is 7.34. The summed E-state index contributed by atoms with van der Waals surface area (Å²) < 4.78 is 5.55. The Morgan fingerprint density at radius 2 is 2.11 bits per heavy atom. The van der Waals surface area contributed by atoms with Gasteiger partial charge in [-0.05, 0) is 37.3 Å². The molecule has 0 saturated carbocycles. The predicted molar refractivity (Wildman–Crippen MR) is 75.5 cm³/mol. The van der Waals surface area contributed by atoms with Crippen LogP contribution in [0.3, 0.4) is 0 Å². The van der Waals surface area contributed by atoms with Gasteiger partial charge in [-0.25, -0.2) is 0 Å². The van der Waals surface area contributed by atoms with Gasteiger partial charge in [0, 0.05) is 13.7 Å². The first-order valence-corrected chi connectivity index (χ1v) is 6.83. The molecule has 2 atom stereocenters. The molecule has 0 bridgehead atoms. The van der Waals surface area contributed by atoms with Gasteiger partial charge in [-0.3, -0.25) is 0 Å². The van der Waals surface area contributed by atoms with Gasteiger partial charge in [0.15, 0.2) is 0 Å². The van der Waals surface area contributed by atoms with Crippen molar-refractivity contribution in [2.75, 3.05) is 20.2 Å². The highest BCUT2D eigenvalue weighted by Crippen LogP contribution is 2.18. The van der Waals surface area contributed by atoms with Crippen LogP contribution in [-0.2, 0) is 4.74 Å². The number of rotatable bonds is 6. The van der Waals surface area contributed by atoms with Gasteiger partial charge in [-0.2, -0.15) is 0 Å². The van der Waals surface area contributed by atoms with Crippen LogP contribution >= 0.6 is 0 Å². The molecule has 0 radical (unpaired) electrons. The van der Waals surface area contributed by atoms with Crippen molar-refractivity contribution in [3.63, 3.8) is 0 Å². The number of ether oxygens (including phenoxy) is 1. The lowest BCUT2D eigenvalue weighted by Crippen LogP contribution is -2.28. The molecule has 1 aliphatic rings. The molecule has 98 valence electrons. The highest BCUT2D eigenvalue weighted by Gasteiger charge is 2.12. The van der Waals surface area contributed by atoms with Crippen molar-refractivity contribution in [2.45, 2.75) is 25.4 Å². The second-order valence-electron chi connectivity index (χ2n) is 4.94. The molecule has 0 heterocycles. The number of hydrogen-bond acceptors (Lipinski definition) is 2. The quantitative estimate of drug-likeness (QED) is 0.776. The minimum absolute atomic E-state index is 0.158. The topological polar surface area (TPSA) is 21.3 Å². The number of benzene rings is 1. The molecule has 1 aliphatic carbocycles. The van der Waals surface area contributed by atoms with Crippen molar-refractivity contribution in [1.29, 1.82) is 0 Å². The SMILES string of the molecule is COC(CNCC1CC=CCC1)c1ccccc1. The van der Waals surface area contributed by atoms with E-state index >= 15 is 0 Å². The highest BCUT2D eigenvalue weighted by atomic mass is 16.5. The van der Waals surface area contributed by atoms with E-state index in [9.17, 15) is 0 Å². The molecule has 1 aromatic carbocycles. The Morgan fingerprint density at radius 3 is 2.78 bits per heavy atom. The Kier molecular flexibility index (Phi) is 5.43. The summed E-state index contributed by atoms with van der Waals surface area (Å²) in [7, 11) is 1.78. The standard InChI is InChI=1S/C16H23NO/c1-18-16(15-10-6-3-7-11-15)13-17-12-14-8-4-2-5-9-14/h2-4,6-7,10-11,14,16-17H,5,8-9,12-13H2,1H3.